The van der Waals surface area contributed by atoms with Crippen LogP contribution in [-0.4, -0.2) is 28.4 Å². The Morgan fingerprint density at radius 3 is 2.90 bits per heavy atom. The molecule has 0 saturated carbocycles. The number of aliphatic hydroxyl groups is 1. The number of hydrogen-bond acceptors (Lipinski definition) is 3. The van der Waals surface area contributed by atoms with Crippen LogP contribution in [0.3, 0.4) is 0 Å². The molecule has 0 radical (unpaired) electrons. The third kappa shape index (κ3) is 1.04. The van der Waals surface area contributed by atoms with Crippen LogP contribution in [0, 0.1) is 0 Å². The first-order valence-corrected chi connectivity index (χ1v) is 3.90. The lowest BCUT2D eigenvalue weighted by Crippen LogP contribution is -2.44. The summed E-state index contributed by atoms with van der Waals surface area (Å²) >= 11 is 1.72. The molecule has 10 heavy (non-hydrogen) atoms. The third-order valence-corrected chi connectivity index (χ3v) is 2.39. The number of nitrogens with zero attached hydrogens (tertiary/aromatic N) is 1. The lowest BCUT2D eigenvalue weighted by atomic mass is 10.2. The molecule has 1 fully saturated rings. The van der Waals surface area contributed by atoms with Crippen LogP contribution in [0.15, 0.2) is 11.6 Å². The second-order valence-corrected chi connectivity index (χ2v) is 2.97. The maximum Gasteiger partial charge on any atom is 0.230 e. The smallest absolute Gasteiger partial charge is 0.230 e. The van der Waals surface area contributed by atoms with Crippen LogP contribution in [0.5, 0.6) is 0 Å². The van der Waals surface area contributed by atoms with Gasteiger partial charge in [-0.15, -0.1) is 11.8 Å². The molecule has 1 N–H and O–H groups in total. The number of amides is 1. The first kappa shape index (κ1) is 7.63. The highest BCUT2D eigenvalue weighted by Gasteiger charge is 2.36. The number of rotatable bonds is 0. The molecule has 1 saturated heterocycles. The van der Waals surface area contributed by atoms with Crippen LogP contribution in [0.1, 0.15) is 6.42 Å². The van der Waals surface area contributed by atoms with Gasteiger partial charge < -0.3 is 10.0 Å². The minimum Gasteiger partial charge on any atom is -0.400 e. The van der Waals surface area contributed by atoms with Crippen molar-refractivity contribution in [3.8, 4) is 0 Å². The van der Waals surface area contributed by atoms with Crippen LogP contribution in [0.4, 0.5) is 0 Å². The summed E-state index contributed by atoms with van der Waals surface area (Å²) in [6, 6.07) is 0. The van der Waals surface area contributed by atoms with E-state index in [1.807, 2.05) is 11.6 Å². The first-order chi connectivity index (χ1) is 4.88. The van der Waals surface area contributed by atoms with Crippen molar-refractivity contribution in [1.29, 1.82) is 0 Å². The Morgan fingerprint density at radius 1 is 1.80 bits per heavy atom. The van der Waals surface area contributed by atoms with Crippen molar-refractivity contribution < 1.29 is 9.90 Å². The molecule has 1 amide bonds. The van der Waals surface area contributed by atoms with Crippen molar-refractivity contribution in [3.05, 3.63) is 11.6 Å². The van der Waals surface area contributed by atoms with Gasteiger partial charge in [0, 0.05) is 13.3 Å². The standard InChI is InChI=1S/C5H5NOS.CH4O/c7-4-3-5-6(4)1-2-8-5;1-2/h1-2,5H,3H2;2H,1H3/t5-;/m1./s1. The fraction of sp³-hybridized carbons (Fsp3) is 0.500. The van der Waals surface area contributed by atoms with E-state index in [1.54, 1.807) is 16.7 Å². The van der Waals surface area contributed by atoms with Gasteiger partial charge in [-0.3, -0.25) is 4.79 Å². The van der Waals surface area contributed by atoms with Gasteiger partial charge >= 0.3 is 0 Å². The Kier molecular flexibility index (Phi) is 2.34. The largest absolute Gasteiger partial charge is 0.400 e. The summed E-state index contributed by atoms with van der Waals surface area (Å²) in [6.07, 6.45) is 2.58. The van der Waals surface area contributed by atoms with E-state index < -0.39 is 0 Å². The van der Waals surface area contributed by atoms with E-state index in [4.69, 9.17) is 5.11 Å². The fourth-order valence-electron chi connectivity index (χ4n) is 0.886. The fourth-order valence-corrected chi connectivity index (χ4v) is 1.83. The van der Waals surface area contributed by atoms with E-state index >= 15 is 0 Å². The Balaban J connectivity index is 0.000000231. The Labute approximate surface area is 63.7 Å². The zero-order chi connectivity index (χ0) is 7.56. The van der Waals surface area contributed by atoms with Crippen molar-refractivity contribution in [3.63, 3.8) is 0 Å². The highest BCUT2D eigenvalue weighted by molar-refractivity contribution is 8.03. The number of carbonyl (C=O) groups excluding carboxylic acids is 1. The van der Waals surface area contributed by atoms with Gasteiger partial charge in [-0.25, -0.2) is 0 Å². The minimum absolute atomic E-state index is 0.260. The van der Waals surface area contributed by atoms with Gasteiger partial charge in [0.2, 0.25) is 5.91 Å². The summed E-state index contributed by atoms with van der Waals surface area (Å²) in [5, 5.41) is 9.43. The minimum atomic E-state index is 0.260. The topological polar surface area (TPSA) is 40.5 Å². The molecule has 2 aliphatic heterocycles. The van der Waals surface area contributed by atoms with E-state index in [2.05, 4.69) is 0 Å². The predicted octanol–water partition coefficient (Wildman–Crippen LogP) is 0.371. The molecule has 0 aromatic heterocycles. The molecule has 0 aromatic rings. The maximum absolute atomic E-state index is 10.6. The van der Waals surface area contributed by atoms with Gasteiger partial charge in [-0.2, -0.15) is 0 Å². The number of fused-ring (bicyclic) bond motifs is 1. The van der Waals surface area contributed by atoms with Gasteiger partial charge in [0.25, 0.3) is 0 Å². The number of hydrogen-bond donors (Lipinski definition) is 1. The van der Waals surface area contributed by atoms with E-state index in [0.717, 1.165) is 13.5 Å². The molecule has 4 heteroatoms. The summed E-state index contributed by atoms with van der Waals surface area (Å²) in [5.41, 5.74) is 0. The maximum atomic E-state index is 10.6. The van der Waals surface area contributed by atoms with Crippen LogP contribution in [-0.2, 0) is 4.79 Å². The molecule has 0 spiro atoms. The van der Waals surface area contributed by atoms with Crippen LogP contribution < -0.4 is 0 Å². The zero-order valence-corrected chi connectivity index (χ0v) is 6.47. The van der Waals surface area contributed by atoms with Crippen molar-refractivity contribution in [1.82, 2.24) is 4.90 Å². The van der Waals surface area contributed by atoms with Crippen LogP contribution >= 0.6 is 11.8 Å². The number of carbonyl (C=O) groups is 1. The van der Waals surface area contributed by atoms with Gasteiger partial charge in [-0.1, -0.05) is 0 Å². The van der Waals surface area contributed by atoms with E-state index in [0.29, 0.717) is 5.37 Å². The average Bonchev–Trinajstić information content (AvgIpc) is 2.34. The molecule has 2 heterocycles. The van der Waals surface area contributed by atoms with E-state index in [1.165, 1.54) is 0 Å². The molecular weight excluding hydrogens is 150 g/mol. The molecule has 0 aromatic carbocycles. The van der Waals surface area contributed by atoms with Crippen molar-refractivity contribution in [2.24, 2.45) is 0 Å². The molecule has 0 aliphatic carbocycles. The Hall–Kier alpha value is -0.480. The lowest BCUT2D eigenvalue weighted by Gasteiger charge is -2.31. The third-order valence-electron chi connectivity index (χ3n) is 1.40. The van der Waals surface area contributed by atoms with Crippen molar-refractivity contribution >= 4 is 17.7 Å². The highest BCUT2D eigenvalue weighted by atomic mass is 32.2. The second kappa shape index (κ2) is 3.07. The normalized spacial score (nSPS) is 26.8. The molecule has 2 aliphatic rings. The number of thioether (sulfide) groups is 1. The Bertz CT molecular complexity index is 169. The summed E-state index contributed by atoms with van der Waals surface area (Å²) in [4.78, 5) is 12.3. The average molecular weight is 159 g/mol. The Morgan fingerprint density at radius 2 is 2.50 bits per heavy atom. The van der Waals surface area contributed by atoms with Gasteiger partial charge in [0.05, 0.1) is 11.8 Å². The number of β-lactam (4-membered cyclic amide) rings is 1. The van der Waals surface area contributed by atoms with E-state index in [9.17, 15) is 4.79 Å². The second-order valence-electron chi connectivity index (χ2n) is 1.88. The van der Waals surface area contributed by atoms with Crippen LogP contribution in [0.2, 0.25) is 0 Å². The quantitative estimate of drug-likeness (QED) is 0.519. The van der Waals surface area contributed by atoms with Crippen LogP contribution in [0.25, 0.3) is 0 Å². The molecule has 2 rings (SSSR count). The van der Waals surface area contributed by atoms with Gasteiger partial charge in [0.15, 0.2) is 0 Å². The summed E-state index contributed by atoms with van der Waals surface area (Å²) in [7, 11) is 1.00. The SMILES string of the molecule is CO.O=C1C[C@H]2SC=CN12. The van der Waals surface area contributed by atoms with E-state index in [-0.39, 0.29) is 5.91 Å². The molecule has 3 nitrogen and oxygen atoms in total. The molecule has 1 atom stereocenters. The first-order valence-electron chi connectivity index (χ1n) is 2.96. The lowest BCUT2D eigenvalue weighted by molar-refractivity contribution is -0.137. The summed E-state index contributed by atoms with van der Waals surface area (Å²) < 4.78 is 0. The molecule has 0 unspecified atom stereocenters. The van der Waals surface area contributed by atoms with Crippen molar-refractivity contribution in [2.75, 3.05) is 7.11 Å². The molecular formula is C6H9NO2S. The van der Waals surface area contributed by atoms with Gasteiger partial charge in [0.1, 0.15) is 0 Å². The molecule has 56 valence electrons. The van der Waals surface area contributed by atoms with Gasteiger partial charge in [-0.05, 0) is 5.41 Å². The summed E-state index contributed by atoms with van der Waals surface area (Å²) in [6.45, 7) is 0. The predicted molar refractivity (Wildman–Crippen MR) is 40.1 cm³/mol. The highest BCUT2D eigenvalue weighted by Crippen LogP contribution is 2.35. The molecule has 0 bridgehead atoms. The summed E-state index contributed by atoms with van der Waals surface area (Å²) in [5.74, 6) is 0.260. The number of aliphatic hydroxyl groups excluding tert-OH is 1. The zero-order valence-electron chi connectivity index (χ0n) is 5.65. The van der Waals surface area contributed by atoms with Crippen molar-refractivity contribution in [2.45, 2.75) is 11.8 Å². The monoisotopic (exact) mass is 159 g/mol.